The van der Waals surface area contributed by atoms with E-state index in [1.807, 2.05) is 6.07 Å². The lowest BCUT2D eigenvalue weighted by atomic mass is 10.1. The average molecular weight is 341 g/mol. The number of piperazine rings is 1. The van der Waals surface area contributed by atoms with E-state index in [0.29, 0.717) is 4.99 Å². The summed E-state index contributed by atoms with van der Waals surface area (Å²) in [5.41, 5.74) is 3.29. The molecule has 0 aliphatic carbocycles. The molecule has 2 aromatic carbocycles. The van der Waals surface area contributed by atoms with E-state index in [0.717, 1.165) is 31.7 Å². The van der Waals surface area contributed by atoms with Crippen LogP contribution in [-0.4, -0.2) is 41.0 Å². The Balaban J connectivity index is 1.66. The van der Waals surface area contributed by atoms with Gasteiger partial charge in [-0.25, -0.2) is 0 Å². The maximum atomic E-state index is 10.9. The fourth-order valence-corrected chi connectivity index (χ4v) is 3.17. The second-order valence-electron chi connectivity index (χ2n) is 5.92. The SMILES string of the molecule is Cc1ccc(N2CCN(C(=S)c3cccc([N+](=O)[O-])c3)CC2)cc1. The third kappa shape index (κ3) is 3.54. The number of anilines is 1. The summed E-state index contributed by atoms with van der Waals surface area (Å²) >= 11 is 5.54. The zero-order valence-corrected chi connectivity index (χ0v) is 14.3. The Morgan fingerprint density at radius 1 is 1.08 bits per heavy atom. The van der Waals surface area contributed by atoms with Crippen molar-refractivity contribution in [3.63, 3.8) is 0 Å². The summed E-state index contributed by atoms with van der Waals surface area (Å²) in [6, 6.07) is 15.1. The van der Waals surface area contributed by atoms with Crippen molar-refractivity contribution in [2.75, 3.05) is 31.1 Å². The minimum Gasteiger partial charge on any atom is -0.368 e. The number of aryl methyl sites for hydroxylation is 1. The van der Waals surface area contributed by atoms with Crippen LogP contribution in [0.1, 0.15) is 11.1 Å². The van der Waals surface area contributed by atoms with Crippen LogP contribution in [0.3, 0.4) is 0 Å². The first kappa shape index (κ1) is 16.4. The highest BCUT2D eigenvalue weighted by Crippen LogP contribution is 2.20. The van der Waals surface area contributed by atoms with Crippen LogP contribution in [0.4, 0.5) is 11.4 Å². The summed E-state index contributed by atoms with van der Waals surface area (Å²) in [6.45, 7) is 5.49. The van der Waals surface area contributed by atoms with Crippen LogP contribution in [0.5, 0.6) is 0 Å². The molecule has 1 saturated heterocycles. The lowest BCUT2D eigenvalue weighted by molar-refractivity contribution is -0.384. The molecule has 0 unspecified atom stereocenters. The van der Waals surface area contributed by atoms with Crippen LogP contribution < -0.4 is 4.90 Å². The van der Waals surface area contributed by atoms with Gasteiger partial charge in [0, 0.05) is 49.6 Å². The average Bonchev–Trinajstić information content (AvgIpc) is 2.62. The van der Waals surface area contributed by atoms with Gasteiger partial charge in [-0.15, -0.1) is 0 Å². The number of benzene rings is 2. The van der Waals surface area contributed by atoms with Crippen molar-refractivity contribution in [3.8, 4) is 0 Å². The largest absolute Gasteiger partial charge is 0.368 e. The van der Waals surface area contributed by atoms with Crippen LogP contribution in [-0.2, 0) is 0 Å². The lowest BCUT2D eigenvalue weighted by Crippen LogP contribution is -2.48. The first-order valence-corrected chi connectivity index (χ1v) is 8.31. The van der Waals surface area contributed by atoms with Gasteiger partial charge in [-0.05, 0) is 19.1 Å². The van der Waals surface area contributed by atoms with Gasteiger partial charge in [0.25, 0.3) is 5.69 Å². The molecular weight excluding hydrogens is 322 g/mol. The molecule has 0 bridgehead atoms. The summed E-state index contributed by atoms with van der Waals surface area (Å²) in [5.74, 6) is 0. The van der Waals surface area contributed by atoms with Gasteiger partial charge in [-0.3, -0.25) is 10.1 Å². The molecule has 1 aliphatic heterocycles. The fourth-order valence-electron chi connectivity index (χ4n) is 2.86. The van der Waals surface area contributed by atoms with E-state index in [1.54, 1.807) is 12.1 Å². The Kier molecular flexibility index (Phi) is 4.76. The molecule has 0 N–H and O–H groups in total. The zero-order chi connectivity index (χ0) is 17.1. The second kappa shape index (κ2) is 6.97. The normalized spacial score (nSPS) is 14.5. The van der Waals surface area contributed by atoms with Crippen LogP contribution in [0.25, 0.3) is 0 Å². The zero-order valence-electron chi connectivity index (χ0n) is 13.5. The molecule has 2 aromatic rings. The third-order valence-electron chi connectivity index (χ3n) is 4.27. The molecule has 1 heterocycles. The highest BCUT2D eigenvalue weighted by Gasteiger charge is 2.21. The van der Waals surface area contributed by atoms with E-state index in [4.69, 9.17) is 12.2 Å². The molecule has 3 rings (SSSR count). The maximum absolute atomic E-state index is 10.9. The van der Waals surface area contributed by atoms with Crippen molar-refractivity contribution in [1.29, 1.82) is 0 Å². The van der Waals surface area contributed by atoms with Crippen LogP contribution in [0.2, 0.25) is 0 Å². The molecular formula is C18H19N3O2S. The van der Waals surface area contributed by atoms with E-state index in [-0.39, 0.29) is 10.6 Å². The molecule has 124 valence electrons. The number of hydrogen-bond donors (Lipinski definition) is 0. The smallest absolute Gasteiger partial charge is 0.270 e. The number of nitrogens with zero attached hydrogens (tertiary/aromatic N) is 3. The molecule has 0 amide bonds. The van der Waals surface area contributed by atoms with Gasteiger partial charge in [-0.2, -0.15) is 0 Å². The standard InChI is InChI=1S/C18H19N3O2S/c1-14-5-7-16(8-6-14)19-9-11-20(12-10-19)18(24)15-3-2-4-17(13-15)21(22)23/h2-8,13H,9-12H2,1H3. The van der Waals surface area contributed by atoms with E-state index >= 15 is 0 Å². The van der Waals surface area contributed by atoms with E-state index in [9.17, 15) is 10.1 Å². The number of nitro groups is 1. The molecule has 5 nitrogen and oxygen atoms in total. The third-order valence-corrected chi connectivity index (χ3v) is 4.76. The Labute approximate surface area is 146 Å². The Morgan fingerprint density at radius 3 is 2.38 bits per heavy atom. The molecule has 1 fully saturated rings. The Bertz CT molecular complexity index is 753. The lowest BCUT2D eigenvalue weighted by Gasteiger charge is -2.37. The van der Waals surface area contributed by atoms with Crippen LogP contribution in [0.15, 0.2) is 48.5 Å². The topological polar surface area (TPSA) is 49.6 Å². The molecule has 1 aliphatic rings. The number of rotatable bonds is 3. The summed E-state index contributed by atoms with van der Waals surface area (Å²) < 4.78 is 0. The van der Waals surface area contributed by atoms with Gasteiger partial charge in [-0.1, -0.05) is 42.0 Å². The van der Waals surface area contributed by atoms with Gasteiger partial charge in [0.1, 0.15) is 4.99 Å². The molecule has 6 heteroatoms. The number of thiocarbonyl (C=S) groups is 1. The Hall–Kier alpha value is -2.47. The van der Waals surface area contributed by atoms with Gasteiger partial charge < -0.3 is 9.80 Å². The molecule has 0 aromatic heterocycles. The molecule has 0 radical (unpaired) electrons. The minimum atomic E-state index is -0.387. The first-order valence-electron chi connectivity index (χ1n) is 7.90. The van der Waals surface area contributed by atoms with Crippen LogP contribution >= 0.6 is 12.2 Å². The molecule has 0 atom stereocenters. The van der Waals surface area contributed by atoms with Crippen LogP contribution in [0, 0.1) is 17.0 Å². The number of non-ortho nitro benzene ring substituents is 1. The first-order chi connectivity index (χ1) is 11.5. The number of nitro benzene ring substituents is 1. The fraction of sp³-hybridized carbons (Fsp3) is 0.278. The predicted molar refractivity (Wildman–Crippen MR) is 99.8 cm³/mol. The van der Waals surface area contributed by atoms with E-state index < -0.39 is 0 Å². The Morgan fingerprint density at radius 2 is 1.75 bits per heavy atom. The summed E-state index contributed by atoms with van der Waals surface area (Å²) in [6.07, 6.45) is 0. The molecule has 0 saturated carbocycles. The molecule has 0 spiro atoms. The highest BCUT2D eigenvalue weighted by atomic mass is 32.1. The van der Waals surface area contributed by atoms with Crippen molar-refractivity contribution in [2.45, 2.75) is 6.92 Å². The van der Waals surface area contributed by atoms with Gasteiger partial charge in [0.05, 0.1) is 4.92 Å². The van der Waals surface area contributed by atoms with Crippen molar-refractivity contribution in [2.24, 2.45) is 0 Å². The second-order valence-corrected chi connectivity index (χ2v) is 6.31. The van der Waals surface area contributed by atoms with E-state index in [1.165, 1.54) is 17.3 Å². The van der Waals surface area contributed by atoms with Gasteiger partial charge >= 0.3 is 0 Å². The quantitative estimate of drug-likeness (QED) is 0.486. The van der Waals surface area contributed by atoms with Crippen molar-refractivity contribution in [3.05, 3.63) is 69.8 Å². The highest BCUT2D eigenvalue weighted by molar-refractivity contribution is 7.80. The summed E-state index contributed by atoms with van der Waals surface area (Å²) in [7, 11) is 0. The minimum absolute atomic E-state index is 0.0770. The van der Waals surface area contributed by atoms with Crippen molar-refractivity contribution >= 4 is 28.6 Å². The summed E-state index contributed by atoms with van der Waals surface area (Å²) in [4.78, 5) is 15.7. The van der Waals surface area contributed by atoms with Crippen molar-refractivity contribution in [1.82, 2.24) is 4.90 Å². The maximum Gasteiger partial charge on any atom is 0.270 e. The predicted octanol–water partition coefficient (Wildman–Crippen LogP) is 3.40. The monoisotopic (exact) mass is 341 g/mol. The molecule has 24 heavy (non-hydrogen) atoms. The van der Waals surface area contributed by atoms with Gasteiger partial charge in [0.15, 0.2) is 0 Å². The van der Waals surface area contributed by atoms with Gasteiger partial charge in [0.2, 0.25) is 0 Å². The van der Waals surface area contributed by atoms with Crippen molar-refractivity contribution < 1.29 is 4.92 Å². The van der Waals surface area contributed by atoms with E-state index in [2.05, 4.69) is 41.0 Å². The summed E-state index contributed by atoms with van der Waals surface area (Å²) in [5, 5.41) is 10.9. The number of hydrogen-bond acceptors (Lipinski definition) is 4.